The van der Waals surface area contributed by atoms with E-state index in [4.69, 9.17) is 5.10 Å². The minimum atomic E-state index is 0.552. The molecule has 25 heavy (non-hydrogen) atoms. The standard InChI is InChI=1S/C17H22N8/c1-22(8-9-23-7-6-18-12-23)14-10-24(11-14)16-5-4-15-19-20-17(13-2-3-13)25(15)21-16/h4-7,12-14H,2-3,8-11H2,1H3. The average molecular weight is 338 g/mol. The number of hydrogen-bond acceptors (Lipinski definition) is 6. The van der Waals surface area contributed by atoms with Gasteiger partial charge in [0.1, 0.15) is 5.82 Å². The Bertz CT molecular complexity index is 860. The van der Waals surface area contributed by atoms with Gasteiger partial charge in [0, 0.05) is 50.5 Å². The summed E-state index contributed by atoms with van der Waals surface area (Å²) in [6, 6.07) is 4.66. The molecule has 0 spiro atoms. The van der Waals surface area contributed by atoms with E-state index in [9.17, 15) is 0 Å². The number of hydrogen-bond donors (Lipinski definition) is 0. The number of aromatic nitrogens is 6. The molecule has 0 bridgehead atoms. The van der Waals surface area contributed by atoms with Gasteiger partial charge in [-0.2, -0.15) is 4.52 Å². The monoisotopic (exact) mass is 338 g/mol. The van der Waals surface area contributed by atoms with Crippen LogP contribution in [0.5, 0.6) is 0 Å². The Morgan fingerprint density at radius 1 is 1.20 bits per heavy atom. The molecule has 5 rings (SSSR count). The Labute approximate surface area is 146 Å². The third-order valence-corrected chi connectivity index (χ3v) is 5.30. The van der Waals surface area contributed by atoms with Gasteiger partial charge in [0.15, 0.2) is 11.5 Å². The number of anilines is 1. The Balaban J connectivity index is 1.22. The second-order valence-corrected chi connectivity index (χ2v) is 7.13. The lowest BCUT2D eigenvalue weighted by Crippen LogP contribution is -2.59. The van der Waals surface area contributed by atoms with E-state index in [1.165, 1.54) is 12.8 Å². The topological polar surface area (TPSA) is 67.4 Å². The molecule has 2 aliphatic rings. The number of rotatable bonds is 6. The van der Waals surface area contributed by atoms with Gasteiger partial charge >= 0.3 is 0 Å². The Kier molecular flexibility index (Phi) is 3.44. The Hall–Kier alpha value is -2.48. The molecule has 1 aliphatic heterocycles. The van der Waals surface area contributed by atoms with Gasteiger partial charge in [-0.15, -0.1) is 15.3 Å². The third-order valence-electron chi connectivity index (χ3n) is 5.30. The van der Waals surface area contributed by atoms with E-state index in [0.717, 1.165) is 43.5 Å². The summed E-state index contributed by atoms with van der Waals surface area (Å²) >= 11 is 0. The van der Waals surface area contributed by atoms with E-state index >= 15 is 0 Å². The number of fused-ring (bicyclic) bond motifs is 1. The first-order valence-corrected chi connectivity index (χ1v) is 8.91. The highest BCUT2D eigenvalue weighted by molar-refractivity contribution is 5.48. The van der Waals surface area contributed by atoms with Crippen molar-refractivity contribution in [1.29, 1.82) is 0 Å². The van der Waals surface area contributed by atoms with Crippen molar-refractivity contribution in [3.8, 4) is 0 Å². The second kappa shape index (κ2) is 5.80. The Morgan fingerprint density at radius 3 is 2.84 bits per heavy atom. The van der Waals surface area contributed by atoms with Gasteiger partial charge < -0.3 is 9.47 Å². The number of nitrogens with zero attached hydrogens (tertiary/aromatic N) is 8. The predicted octanol–water partition coefficient (Wildman–Crippen LogP) is 1.02. The molecule has 2 fully saturated rings. The largest absolute Gasteiger partial charge is 0.352 e. The highest BCUT2D eigenvalue weighted by Gasteiger charge is 2.32. The van der Waals surface area contributed by atoms with Gasteiger partial charge in [-0.1, -0.05) is 0 Å². The maximum atomic E-state index is 4.79. The van der Waals surface area contributed by atoms with Crippen LogP contribution in [0.1, 0.15) is 24.6 Å². The van der Waals surface area contributed by atoms with Crippen molar-refractivity contribution < 1.29 is 0 Å². The minimum Gasteiger partial charge on any atom is -0.352 e. The van der Waals surface area contributed by atoms with Crippen LogP contribution < -0.4 is 4.90 Å². The Morgan fingerprint density at radius 2 is 2.08 bits per heavy atom. The zero-order chi connectivity index (χ0) is 16.8. The van der Waals surface area contributed by atoms with Crippen molar-refractivity contribution in [1.82, 2.24) is 34.3 Å². The predicted molar refractivity (Wildman–Crippen MR) is 93.6 cm³/mol. The summed E-state index contributed by atoms with van der Waals surface area (Å²) in [5, 5.41) is 13.3. The van der Waals surface area contributed by atoms with Crippen LogP contribution in [0.15, 0.2) is 30.9 Å². The lowest BCUT2D eigenvalue weighted by atomic mass is 10.1. The molecule has 3 aromatic heterocycles. The smallest absolute Gasteiger partial charge is 0.178 e. The van der Waals surface area contributed by atoms with Gasteiger partial charge in [0.25, 0.3) is 0 Å². The molecule has 0 atom stereocenters. The fourth-order valence-corrected chi connectivity index (χ4v) is 3.36. The van der Waals surface area contributed by atoms with Crippen molar-refractivity contribution in [2.24, 2.45) is 0 Å². The summed E-state index contributed by atoms with van der Waals surface area (Å²) in [6.45, 7) is 4.03. The van der Waals surface area contributed by atoms with Crippen LogP contribution in [-0.2, 0) is 6.54 Å². The van der Waals surface area contributed by atoms with E-state index in [1.54, 1.807) is 0 Å². The molecule has 8 nitrogen and oxygen atoms in total. The van der Waals surface area contributed by atoms with Crippen molar-refractivity contribution in [2.45, 2.75) is 31.3 Å². The van der Waals surface area contributed by atoms with Gasteiger partial charge in [-0.3, -0.25) is 4.90 Å². The van der Waals surface area contributed by atoms with Crippen molar-refractivity contribution >= 4 is 11.5 Å². The van der Waals surface area contributed by atoms with E-state index in [2.05, 4.69) is 42.7 Å². The van der Waals surface area contributed by atoms with Crippen LogP contribution in [0, 0.1) is 0 Å². The SMILES string of the molecule is CN(CCn1ccnc1)C1CN(c2ccc3nnc(C4CC4)n3n2)C1. The molecule has 130 valence electrons. The molecule has 0 N–H and O–H groups in total. The molecular formula is C17H22N8. The molecule has 0 amide bonds. The molecule has 0 unspecified atom stereocenters. The summed E-state index contributed by atoms with van der Waals surface area (Å²) < 4.78 is 4.05. The summed E-state index contributed by atoms with van der Waals surface area (Å²) in [5.74, 6) is 2.59. The van der Waals surface area contributed by atoms with Gasteiger partial charge in [0.2, 0.25) is 0 Å². The molecular weight excluding hydrogens is 316 g/mol. The van der Waals surface area contributed by atoms with Crippen molar-refractivity contribution in [3.05, 3.63) is 36.7 Å². The van der Waals surface area contributed by atoms with Crippen molar-refractivity contribution in [3.63, 3.8) is 0 Å². The van der Waals surface area contributed by atoms with Gasteiger partial charge in [0.05, 0.1) is 6.33 Å². The summed E-state index contributed by atoms with van der Waals surface area (Å²) in [5.41, 5.74) is 0.847. The fourth-order valence-electron chi connectivity index (χ4n) is 3.36. The van der Waals surface area contributed by atoms with Crippen LogP contribution in [0.4, 0.5) is 5.82 Å². The third kappa shape index (κ3) is 2.76. The molecule has 1 aliphatic carbocycles. The molecule has 0 radical (unpaired) electrons. The maximum Gasteiger partial charge on any atom is 0.178 e. The van der Waals surface area contributed by atoms with Gasteiger partial charge in [-0.25, -0.2) is 4.98 Å². The molecule has 1 saturated heterocycles. The zero-order valence-corrected chi connectivity index (χ0v) is 14.4. The maximum absolute atomic E-state index is 4.79. The lowest BCUT2D eigenvalue weighted by Gasteiger charge is -2.44. The molecule has 1 saturated carbocycles. The van der Waals surface area contributed by atoms with Crippen LogP contribution >= 0.6 is 0 Å². The molecule has 3 aromatic rings. The molecule has 8 heteroatoms. The van der Waals surface area contributed by atoms with Crippen LogP contribution in [0.2, 0.25) is 0 Å². The van der Waals surface area contributed by atoms with E-state index in [0.29, 0.717) is 12.0 Å². The minimum absolute atomic E-state index is 0.552. The number of likely N-dealkylation sites (N-methyl/N-ethyl adjacent to an activating group) is 1. The summed E-state index contributed by atoms with van der Waals surface area (Å²) in [6.07, 6.45) is 8.13. The highest BCUT2D eigenvalue weighted by atomic mass is 15.4. The van der Waals surface area contributed by atoms with Crippen LogP contribution in [0.25, 0.3) is 5.65 Å². The first-order chi connectivity index (χ1) is 12.3. The quantitative estimate of drug-likeness (QED) is 0.668. The van der Waals surface area contributed by atoms with Crippen molar-refractivity contribution in [2.75, 3.05) is 31.6 Å². The first kappa shape index (κ1) is 14.8. The average Bonchev–Trinajstić information content (AvgIpc) is 3.13. The van der Waals surface area contributed by atoms with Crippen LogP contribution in [0.3, 0.4) is 0 Å². The normalized spacial score (nSPS) is 18.2. The lowest BCUT2D eigenvalue weighted by molar-refractivity contribution is 0.197. The zero-order valence-electron chi connectivity index (χ0n) is 14.4. The van der Waals surface area contributed by atoms with E-state index < -0.39 is 0 Å². The van der Waals surface area contributed by atoms with E-state index in [-0.39, 0.29) is 0 Å². The summed E-state index contributed by atoms with van der Waals surface area (Å²) in [4.78, 5) is 8.84. The first-order valence-electron chi connectivity index (χ1n) is 8.91. The van der Waals surface area contributed by atoms with Crippen LogP contribution in [-0.4, -0.2) is 67.0 Å². The van der Waals surface area contributed by atoms with Gasteiger partial charge in [-0.05, 0) is 32.0 Å². The summed E-state index contributed by atoms with van der Waals surface area (Å²) in [7, 11) is 2.19. The fraction of sp³-hybridized carbons (Fsp3) is 0.529. The number of imidazole rings is 1. The van der Waals surface area contributed by atoms with E-state index in [1.807, 2.05) is 29.3 Å². The molecule has 0 aromatic carbocycles. The molecule has 4 heterocycles. The second-order valence-electron chi connectivity index (χ2n) is 7.13. The highest BCUT2D eigenvalue weighted by Crippen LogP contribution is 2.38.